The van der Waals surface area contributed by atoms with Gasteiger partial charge in [-0.1, -0.05) is 6.92 Å². The zero-order chi connectivity index (χ0) is 13.7. The number of ether oxygens (including phenoxy) is 1. The monoisotopic (exact) mass is 267 g/mol. The Morgan fingerprint density at radius 3 is 2.84 bits per heavy atom. The molecule has 1 saturated heterocycles. The predicted octanol–water partition coefficient (Wildman–Crippen LogP) is 0.818. The van der Waals surface area contributed by atoms with Crippen molar-refractivity contribution in [1.29, 1.82) is 0 Å². The summed E-state index contributed by atoms with van der Waals surface area (Å²) in [5, 5.41) is 10.7. The van der Waals surface area contributed by atoms with Crippen LogP contribution in [0.2, 0.25) is 0 Å². The highest BCUT2D eigenvalue weighted by Gasteiger charge is 2.20. The van der Waals surface area contributed by atoms with Crippen molar-refractivity contribution in [3.05, 3.63) is 5.82 Å². The second kappa shape index (κ2) is 6.86. The van der Waals surface area contributed by atoms with Crippen molar-refractivity contribution in [3.63, 3.8) is 0 Å². The van der Waals surface area contributed by atoms with Crippen molar-refractivity contribution in [1.82, 2.24) is 20.5 Å². The molecule has 2 rings (SSSR count). The molecule has 0 aliphatic carbocycles. The fraction of sp³-hybridized carbons (Fsp3) is 0.846. The van der Waals surface area contributed by atoms with Gasteiger partial charge in [0, 0.05) is 39.3 Å². The lowest BCUT2D eigenvalue weighted by atomic mass is 10.1. The zero-order valence-electron chi connectivity index (χ0n) is 12.1. The van der Waals surface area contributed by atoms with Gasteiger partial charge >= 0.3 is 0 Å². The Hall–Kier alpha value is -1.14. The minimum atomic E-state index is 0.459. The first-order valence-electron chi connectivity index (χ1n) is 7.05. The highest BCUT2D eigenvalue weighted by molar-refractivity contribution is 5.29. The van der Waals surface area contributed by atoms with Crippen LogP contribution in [0.4, 0.5) is 5.95 Å². The van der Waals surface area contributed by atoms with Gasteiger partial charge in [-0.3, -0.25) is 5.10 Å². The lowest BCUT2D eigenvalue weighted by molar-refractivity contribution is 0.159. The minimum Gasteiger partial charge on any atom is -0.384 e. The number of aromatic amines is 1. The number of rotatable bonds is 6. The molecule has 0 aromatic carbocycles. The molecular weight excluding hydrogens is 242 g/mol. The number of aromatic nitrogens is 3. The Kier molecular flexibility index (Phi) is 5.15. The smallest absolute Gasteiger partial charge is 0.244 e. The largest absolute Gasteiger partial charge is 0.384 e. The molecule has 2 N–H and O–H groups in total. The van der Waals surface area contributed by atoms with Gasteiger partial charge in [0.2, 0.25) is 5.95 Å². The number of methoxy groups -OCH3 is 1. The number of hydrogen-bond donors (Lipinski definition) is 2. The molecule has 6 heteroatoms. The van der Waals surface area contributed by atoms with Gasteiger partial charge in [-0.05, 0) is 25.8 Å². The van der Waals surface area contributed by atoms with E-state index >= 15 is 0 Å². The number of nitrogens with zero attached hydrogens (tertiary/aromatic N) is 3. The summed E-state index contributed by atoms with van der Waals surface area (Å²) < 4.78 is 5.14. The molecule has 1 unspecified atom stereocenters. The van der Waals surface area contributed by atoms with E-state index in [9.17, 15) is 0 Å². The van der Waals surface area contributed by atoms with E-state index in [1.54, 1.807) is 7.11 Å². The Labute approximate surface area is 114 Å². The number of anilines is 1. The number of piperidine rings is 1. The molecule has 1 aliphatic rings. The molecule has 0 bridgehead atoms. The van der Waals surface area contributed by atoms with Crippen LogP contribution in [-0.4, -0.2) is 55.1 Å². The first-order valence-corrected chi connectivity index (χ1v) is 7.05. The maximum Gasteiger partial charge on any atom is 0.244 e. The van der Waals surface area contributed by atoms with Gasteiger partial charge < -0.3 is 15.0 Å². The van der Waals surface area contributed by atoms with E-state index < -0.39 is 0 Å². The normalized spacial score (nSPS) is 18.8. The Morgan fingerprint density at radius 2 is 2.21 bits per heavy atom. The van der Waals surface area contributed by atoms with Crippen molar-refractivity contribution >= 4 is 5.95 Å². The van der Waals surface area contributed by atoms with Crippen LogP contribution in [0, 0.1) is 5.92 Å². The Morgan fingerprint density at radius 1 is 1.47 bits per heavy atom. The van der Waals surface area contributed by atoms with E-state index in [0.717, 1.165) is 50.7 Å². The maximum absolute atomic E-state index is 5.14. The fourth-order valence-corrected chi connectivity index (χ4v) is 2.56. The lowest BCUT2D eigenvalue weighted by Crippen LogP contribution is -2.41. The molecule has 0 radical (unpaired) electrons. The molecule has 1 aromatic rings. The summed E-state index contributed by atoms with van der Waals surface area (Å²) in [4.78, 5) is 6.85. The highest BCUT2D eigenvalue weighted by Crippen LogP contribution is 2.16. The zero-order valence-corrected chi connectivity index (χ0v) is 12.1. The van der Waals surface area contributed by atoms with Gasteiger partial charge in [-0.15, -0.1) is 5.10 Å². The summed E-state index contributed by atoms with van der Waals surface area (Å²) in [7, 11) is 3.76. The van der Waals surface area contributed by atoms with Crippen molar-refractivity contribution < 1.29 is 4.74 Å². The third kappa shape index (κ3) is 3.91. The molecule has 0 saturated carbocycles. The summed E-state index contributed by atoms with van der Waals surface area (Å²) in [5.74, 6) is 2.25. The Bertz CT molecular complexity index is 373. The van der Waals surface area contributed by atoms with Crippen LogP contribution in [0.25, 0.3) is 0 Å². The average Bonchev–Trinajstić information content (AvgIpc) is 2.87. The second-order valence-corrected chi connectivity index (χ2v) is 5.40. The van der Waals surface area contributed by atoms with Crippen molar-refractivity contribution in [2.24, 2.45) is 5.92 Å². The highest BCUT2D eigenvalue weighted by atomic mass is 16.5. The summed E-state index contributed by atoms with van der Waals surface area (Å²) in [6.45, 7) is 4.96. The SMILES string of the molecule is CNC1CCN(c2n[nH]c(CC(C)COC)n2)CC1. The van der Waals surface area contributed by atoms with E-state index in [0.29, 0.717) is 12.0 Å². The molecule has 108 valence electrons. The van der Waals surface area contributed by atoms with Gasteiger partial charge in [-0.2, -0.15) is 4.98 Å². The number of nitrogens with one attached hydrogen (secondary N) is 2. The molecule has 0 spiro atoms. The first-order chi connectivity index (χ1) is 9.22. The van der Waals surface area contributed by atoms with E-state index in [1.807, 2.05) is 7.05 Å². The summed E-state index contributed by atoms with van der Waals surface area (Å²) >= 11 is 0. The van der Waals surface area contributed by atoms with Crippen LogP contribution in [0.1, 0.15) is 25.6 Å². The standard InChI is InChI=1S/C13H25N5O/c1-10(9-19-3)8-12-15-13(17-16-12)18-6-4-11(14-2)5-7-18/h10-11,14H,4-9H2,1-3H3,(H,15,16,17). The van der Waals surface area contributed by atoms with Gasteiger partial charge in [-0.25, -0.2) is 0 Å². The van der Waals surface area contributed by atoms with Crippen LogP contribution < -0.4 is 10.2 Å². The summed E-state index contributed by atoms with van der Waals surface area (Å²) in [6, 6.07) is 0.636. The molecule has 0 amide bonds. The molecule has 1 aromatic heterocycles. The van der Waals surface area contributed by atoms with Gasteiger partial charge in [0.15, 0.2) is 0 Å². The van der Waals surface area contributed by atoms with E-state index in [-0.39, 0.29) is 0 Å². The molecular formula is C13H25N5O. The predicted molar refractivity (Wildman–Crippen MR) is 75.4 cm³/mol. The lowest BCUT2D eigenvalue weighted by Gasteiger charge is -2.30. The number of hydrogen-bond acceptors (Lipinski definition) is 5. The molecule has 6 nitrogen and oxygen atoms in total. The van der Waals surface area contributed by atoms with Crippen molar-refractivity contribution in [2.75, 3.05) is 38.8 Å². The topological polar surface area (TPSA) is 66.1 Å². The van der Waals surface area contributed by atoms with Crippen LogP contribution in [-0.2, 0) is 11.2 Å². The van der Waals surface area contributed by atoms with Crippen LogP contribution in [0.15, 0.2) is 0 Å². The molecule has 19 heavy (non-hydrogen) atoms. The number of H-pyrrole nitrogens is 1. The van der Waals surface area contributed by atoms with Crippen molar-refractivity contribution in [3.8, 4) is 0 Å². The molecule has 1 aliphatic heterocycles. The summed E-state index contributed by atoms with van der Waals surface area (Å²) in [5.41, 5.74) is 0. The van der Waals surface area contributed by atoms with E-state index in [2.05, 4.69) is 32.3 Å². The van der Waals surface area contributed by atoms with Gasteiger partial charge in [0.25, 0.3) is 0 Å². The van der Waals surface area contributed by atoms with Crippen LogP contribution in [0.5, 0.6) is 0 Å². The van der Waals surface area contributed by atoms with E-state index in [4.69, 9.17) is 4.74 Å². The second-order valence-electron chi connectivity index (χ2n) is 5.40. The van der Waals surface area contributed by atoms with E-state index in [1.165, 1.54) is 0 Å². The van der Waals surface area contributed by atoms with Gasteiger partial charge in [0.1, 0.15) is 5.82 Å². The molecule has 1 atom stereocenters. The first kappa shape index (κ1) is 14.3. The quantitative estimate of drug-likeness (QED) is 0.799. The maximum atomic E-state index is 5.14. The van der Waals surface area contributed by atoms with Crippen molar-refractivity contribution in [2.45, 2.75) is 32.2 Å². The third-order valence-corrected chi connectivity index (χ3v) is 3.70. The van der Waals surface area contributed by atoms with Crippen LogP contribution in [0.3, 0.4) is 0 Å². The molecule has 1 fully saturated rings. The van der Waals surface area contributed by atoms with Gasteiger partial charge in [0.05, 0.1) is 0 Å². The Balaban J connectivity index is 1.87. The molecule has 2 heterocycles. The third-order valence-electron chi connectivity index (χ3n) is 3.70. The minimum absolute atomic E-state index is 0.459. The fourth-order valence-electron chi connectivity index (χ4n) is 2.56. The summed E-state index contributed by atoms with van der Waals surface area (Å²) in [6.07, 6.45) is 3.19. The average molecular weight is 267 g/mol. The van der Waals surface area contributed by atoms with Crippen LogP contribution >= 0.6 is 0 Å².